The van der Waals surface area contributed by atoms with Gasteiger partial charge >= 0.3 is 5.97 Å². The summed E-state index contributed by atoms with van der Waals surface area (Å²) in [7, 11) is 0. The number of piperidine rings is 1. The van der Waals surface area contributed by atoms with Gasteiger partial charge in [-0.15, -0.1) is 0 Å². The average Bonchev–Trinajstić information content (AvgIpc) is 3.15. The van der Waals surface area contributed by atoms with Gasteiger partial charge in [0, 0.05) is 24.2 Å². The molecule has 0 spiro atoms. The zero-order valence-electron chi connectivity index (χ0n) is 19.8. The van der Waals surface area contributed by atoms with Gasteiger partial charge in [0.15, 0.2) is 12.3 Å². The van der Waals surface area contributed by atoms with Crippen LogP contribution in [0.5, 0.6) is 5.75 Å². The fourth-order valence-corrected chi connectivity index (χ4v) is 4.32. The monoisotopic (exact) mass is 462 g/mol. The first kappa shape index (κ1) is 23.5. The number of aliphatic carboxylic acids is 1. The minimum Gasteiger partial charge on any atom is -0.482 e. The van der Waals surface area contributed by atoms with E-state index in [0.717, 1.165) is 59.6 Å². The van der Waals surface area contributed by atoms with E-state index in [4.69, 9.17) is 14.9 Å². The van der Waals surface area contributed by atoms with Gasteiger partial charge in [-0.05, 0) is 69.5 Å². The summed E-state index contributed by atoms with van der Waals surface area (Å²) >= 11 is 0. The molecule has 0 saturated carbocycles. The fraction of sp³-hybridized carbons (Fsp3) is 0.346. The molecule has 0 aliphatic carbocycles. The van der Waals surface area contributed by atoms with Crippen LogP contribution in [0.1, 0.15) is 46.4 Å². The maximum Gasteiger partial charge on any atom is 0.341 e. The Morgan fingerprint density at radius 1 is 1.03 bits per heavy atom. The van der Waals surface area contributed by atoms with Crippen molar-refractivity contribution < 1.29 is 19.4 Å². The number of carbonyl (C=O) groups is 2. The van der Waals surface area contributed by atoms with Crippen LogP contribution in [0.25, 0.3) is 16.9 Å². The highest BCUT2D eigenvalue weighted by atomic mass is 16.5. The predicted octanol–water partition coefficient (Wildman–Crippen LogP) is 4.06. The molecule has 2 N–H and O–H groups in total. The second kappa shape index (κ2) is 10.1. The molecule has 1 aliphatic heterocycles. The Kier molecular flexibility index (Phi) is 6.98. The average molecular weight is 463 g/mol. The van der Waals surface area contributed by atoms with Gasteiger partial charge in [0.1, 0.15) is 5.75 Å². The number of aromatic nitrogens is 2. The van der Waals surface area contributed by atoms with Crippen molar-refractivity contribution in [2.75, 3.05) is 19.7 Å². The second-order valence-electron chi connectivity index (χ2n) is 8.72. The molecule has 178 valence electrons. The van der Waals surface area contributed by atoms with E-state index in [1.54, 1.807) is 12.1 Å². The van der Waals surface area contributed by atoms with Gasteiger partial charge in [0.25, 0.3) is 5.91 Å². The second-order valence-corrected chi connectivity index (χ2v) is 8.72. The molecule has 1 amide bonds. The minimum absolute atomic E-state index is 0.217. The standard InChI is InChI=1S/C26H30N4O4/c1-17-7-12-22(18(2)15-17)30-25(20-8-10-21(11-9-20)34-16-23(31)32)19(3)24(27-30)26(33)28-29-13-5-4-6-14-29/h7-12,15H,4-6,13-14,16H2,1-3H3,(H,28,33)(H,31,32). The normalized spacial score (nSPS) is 14.1. The number of aryl methyl sites for hydroxylation is 2. The zero-order valence-corrected chi connectivity index (χ0v) is 19.8. The number of hydrogen-bond acceptors (Lipinski definition) is 5. The Bertz CT molecular complexity index is 1190. The van der Waals surface area contributed by atoms with Gasteiger partial charge in [-0.2, -0.15) is 5.10 Å². The molecule has 3 aromatic rings. The van der Waals surface area contributed by atoms with Crippen LogP contribution < -0.4 is 10.2 Å². The van der Waals surface area contributed by atoms with E-state index in [2.05, 4.69) is 11.5 Å². The lowest BCUT2D eigenvalue weighted by Crippen LogP contribution is -2.45. The van der Waals surface area contributed by atoms with E-state index in [-0.39, 0.29) is 5.91 Å². The Labute approximate surface area is 199 Å². The van der Waals surface area contributed by atoms with Crippen molar-refractivity contribution in [3.05, 3.63) is 64.8 Å². The molecule has 34 heavy (non-hydrogen) atoms. The zero-order chi connectivity index (χ0) is 24.2. The first-order chi connectivity index (χ1) is 16.3. The molecule has 0 bridgehead atoms. The number of benzene rings is 2. The highest BCUT2D eigenvalue weighted by Crippen LogP contribution is 2.31. The molecule has 0 unspecified atom stereocenters. The third-order valence-electron chi connectivity index (χ3n) is 6.02. The van der Waals surface area contributed by atoms with Crippen molar-refractivity contribution in [1.82, 2.24) is 20.2 Å². The van der Waals surface area contributed by atoms with Gasteiger partial charge in [0.2, 0.25) is 0 Å². The Morgan fingerprint density at radius 3 is 2.38 bits per heavy atom. The van der Waals surface area contributed by atoms with Crippen molar-refractivity contribution in [3.63, 3.8) is 0 Å². The van der Waals surface area contributed by atoms with E-state index >= 15 is 0 Å². The van der Waals surface area contributed by atoms with Gasteiger partial charge in [0.05, 0.1) is 11.4 Å². The highest BCUT2D eigenvalue weighted by Gasteiger charge is 2.24. The maximum atomic E-state index is 13.2. The summed E-state index contributed by atoms with van der Waals surface area (Å²) in [6.07, 6.45) is 3.32. The third kappa shape index (κ3) is 5.12. The fourth-order valence-electron chi connectivity index (χ4n) is 4.32. The van der Waals surface area contributed by atoms with Crippen LogP contribution in [0, 0.1) is 20.8 Å². The minimum atomic E-state index is -1.03. The lowest BCUT2D eigenvalue weighted by molar-refractivity contribution is -0.139. The number of carbonyl (C=O) groups excluding carboxylic acids is 1. The molecule has 0 radical (unpaired) electrons. The van der Waals surface area contributed by atoms with Gasteiger partial charge in [-0.25, -0.2) is 14.5 Å². The molecule has 1 aliphatic rings. The number of nitrogens with one attached hydrogen (secondary N) is 1. The molecule has 0 atom stereocenters. The number of rotatable bonds is 7. The molecule has 1 aromatic heterocycles. The van der Waals surface area contributed by atoms with E-state index < -0.39 is 12.6 Å². The van der Waals surface area contributed by atoms with Gasteiger partial charge in [-0.3, -0.25) is 10.2 Å². The molecule has 2 aromatic carbocycles. The smallest absolute Gasteiger partial charge is 0.341 e. The summed E-state index contributed by atoms with van der Waals surface area (Å²) in [6, 6.07) is 13.3. The summed E-state index contributed by atoms with van der Waals surface area (Å²) in [6.45, 7) is 7.25. The molecule has 1 fully saturated rings. The van der Waals surface area contributed by atoms with E-state index in [9.17, 15) is 9.59 Å². The number of amides is 1. The third-order valence-corrected chi connectivity index (χ3v) is 6.02. The summed E-state index contributed by atoms with van der Waals surface area (Å²) < 4.78 is 7.09. The summed E-state index contributed by atoms with van der Waals surface area (Å²) in [5, 5.41) is 15.6. The van der Waals surface area contributed by atoms with Crippen LogP contribution in [-0.2, 0) is 4.79 Å². The van der Waals surface area contributed by atoms with Crippen molar-refractivity contribution in [2.45, 2.75) is 40.0 Å². The van der Waals surface area contributed by atoms with Crippen LogP contribution in [0.2, 0.25) is 0 Å². The van der Waals surface area contributed by atoms with E-state index in [1.807, 2.05) is 54.7 Å². The Balaban J connectivity index is 1.74. The van der Waals surface area contributed by atoms with E-state index in [0.29, 0.717) is 11.4 Å². The summed E-state index contributed by atoms with van der Waals surface area (Å²) in [5.41, 5.74) is 8.93. The van der Waals surface area contributed by atoms with Crippen molar-refractivity contribution >= 4 is 11.9 Å². The van der Waals surface area contributed by atoms with Gasteiger partial charge < -0.3 is 9.84 Å². The van der Waals surface area contributed by atoms with Crippen molar-refractivity contribution in [3.8, 4) is 22.7 Å². The van der Waals surface area contributed by atoms with Crippen LogP contribution in [0.3, 0.4) is 0 Å². The number of ether oxygens (including phenoxy) is 1. The topological polar surface area (TPSA) is 96.7 Å². The number of carboxylic acid groups (broad SMARTS) is 1. The van der Waals surface area contributed by atoms with Crippen molar-refractivity contribution in [1.29, 1.82) is 0 Å². The van der Waals surface area contributed by atoms with Crippen LogP contribution in [0.4, 0.5) is 0 Å². The molecule has 1 saturated heterocycles. The predicted molar refractivity (Wildman–Crippen MR) is 129 cm³/mol. The largest absolute Gasteiger partial charge is 0.482 e. The molecule has 2 heterocycles. The number of carboxylic acids is 1. The number of hydrazine groups is 1. The first-order valence-corrected chi connectivity index (χ1v) is 11.5. The van der Waals surface area contributed by atoms with Crippen molar-refractivity contribution in [2.24, 2.45) is 0 Å². The highest BCUT2D eigenvalue weighted by molar-refractivity contribution is 5.95. The maximum absolute atomic E-state index is 13.2. The number of nitrogens with zero attached hydrogens (tertiary/aromatic N) is 3. The molecule has 4 rings (SSSR count). The van der Waals surface area contributed by atoms with Gasteiger partial charge in [-0.1, -0.05) is 24.1 Å². The molecule has 8 heteroatoms. The lowest BCUT2D eigenvalue weighted by Gasteiger charge is -2.26. The van der Waals surface area contributed by atoms with Crippen LogP contribution in [0.15, 0.2) is 42.5 Å². The number of hydrogen-bond donors (Lipinski definition) is 2. The van der Waals surface area contributed by atoms with Crippen LogP contribution >= 0.6 is 0 Å². The first-order valence-electron chi connectivity index (χ1n) is 11.5. The quantitative estimate of drug-likeness (QED) is 0.550. The Morgan fingerprint density at radius 2 is 1.74 bits per heavy atom. The molecular weight excluding hydrogens is 432 g/mol. The Hall–Kier alpha value is -3.65. The molecule has 8 nitrogen and oxygen atoms in total. The van der Waals surface area contributed by atoms with Crippen LogP contribution in [-0.4, -0.2) is 51.5 Å². The molecular formula is C26H30N4O4. The summed E-state index contributed by atoms with van der Waals surface area (Å²) in [5.74, 6) is -0.785. The summed E-state index contributed by atoms with van der Waals surface area (Å²) in [4.78, 5) is 24.0. The lowest BCUT2D eigenvalue weighted by atomic mass is 10.0. The SMILES string of the molecule is Cc1ccc(-n2nc(C(=O)NN3CCCCC3)c(C)c2-c2ccc(OCC(=O)O)cc2)c(C)c1. The van der Waals surface area contributed by atoms with E-state index in [1.165, 1.54) is 6.42 Å².